The molecule has 118 valence electrons. The minimum Gasteiger partial charge on any atom is -0.458 e. The van der Waals surface area contributed by atoms with Crippen molar-refractivity contribution in [2.45, 2.75) is 45.3 Å². The van der Waals surface area contributed by atoms with E-state index in [1.807, 2.05) is 36.4 Å². The molecule has 1 aromatic rings. The second-order valence-corrected chi connectivity index (χ2v) is 5.50. The van der Waals surface area contributed by atoms with Crippen LogP contribution >= 0.6 is 0 Å². The summed E-state index contributed by atoms with van der Waals surface area (Å²) in [6.07, 6.45) is 4.01. The number of ether oxygens (including phenoxy) is 2. The molecular formula is C18H22O4. The number of carbonyl (C=O) groups excluding carboxylic acids is 2. The van der Waals surface area contributed by atoms with Crippen LogP contribution in [0.4, 0.5) is 0 Å². The number of ketones is 1. The van der Waals surface area contributed by atoms with E-state index in [9.17, 15) is 9.59 Å². The Hall–Kier alpha value is -1.94. The van der Waals surface area contributed by atoms with Gasteiger partial charge >= 0.3 is 5.97 Å². The molecule has 0 aromatic heterocycles. The van der Waals surface area contributed by atoms with Gasteiger partial charge in [0.25, 0.3) is 0 Å². The van der Waals surface area contributed by atoms with E-state index in [0.29, 0.717) is 38.9 Å². The molecule has 0 spiro atoms. The third kappa shape index (κ3) is 5.45. The van der Waals surface area contributed by atoms with Crippen molar-refractivity contribution >= 4 is 11.8 Å². The number of esters is 1. The first-order valence-electron chi connectivity index (χ1n) is 7.64. The Bertz CT molecular complexity index is 533. The van der Waals surface area contributed by atoms with Crippen LogP contribution in [-0.2, 0) is 25.7 Å². The van der Waals surface area contributed by atoms with Gasteiger partial charge in [-0.05, 0) is 30.9 Å². The molecule has 1 aromatic carbocycles. The van der Waals surface area contributed by atoms with Gasteiger partial charge < -0.3 is 14.3 Å². The van der Waals surface area contributed by atoms with Gasteiger partial charge in [-0.25, -0.2) is 0 Å². The van der Waals surface area contributed by atoms with E-state index < -0.39 is 0 Å². The number of carbonyl (C=O) groups is 2. The van der Waals surface area contributed by atoms with Gasteiger partial charge in [-0.15, -0.1) is 0 Å². The van der Waals surface area contributed by atoms with Gasteiger partial charge in [-0.2, -0.15) is 0 Å². The summed E-state index contributed by atoms with van der Waals surface area (Å²) in [6.45, 7) is 2.57. The van der Waals surface area contributed by atoms with Gasteiger partial charge in [0.2, 0.25) is 0 Å². The first kappa shape index (κ1) is 16.4. The molecule has 0 radical (unpaired) electrons. The van der Waals surface area contributed by atoms with E-state index in [2.05, 4.69) is 0 Å². The van der Waals surface area contributed by atoms with Gasteiger partial charge in [-0.1, -0.05) is 36.4 Å². The second-order valence-electron chi connectivity index (χ2n) is 5.50. The van der Waals surface area contributed by atoms with Crippen LogP contribution in [0.2, 0.25) is 0 Å². The fourth-order valence-electron chi connectivity index (χ4n) is 2.42. The third-order valence-corrected chi connectivity index (χ3v) is 3.64. The lowest BCUT2D eigenvalue weighted by Crippen LogP contribution is -2.12. The lowest BCUT2D eigenvalue weighted by molar-refractivity contribution is -0.140. The Morgan fingerprint density at radius 1 is 1.32 bits per heavy atom. The van der Waals surface area contributed by atoms with Crippen molar-refractivity contribution in [3.63, 3.8) is 0 Å². The predicted molar refractivity (Wildman–Crippen MR) is 83.2 cm³/mol. The van der Waals surface area contributed by atoms with Gasteiger partial charge in [-0.3, -0.25) is 4.79 Å². The average Bonchev–Trinajstić information content (AvgIpc) is 2.93. The highest BCUT2D eigenvalue weighted by Crippen LogP contribution is 2.24. The maximum atomic E-state index is 11.3. The summed E-state index contributed by atoms with van der Waals surface area (Å²) in [6, 6.07) is 9.95. The summed E-state index contributed by atoms with van der Waals surface area (Å²) in [4.78, 5) is 22.4. The second kappa shape index (κ2) is 8.49. The van der Waals surface area contributed by atoms with Crippen molar-refractivity contribution in [1.29, 1.82) is 0 Å². The van der Waals surface area contributed by atoms with Crippen LogP contribution in [0.3, 0.4) is 0 Å². The van der Waals surface area contributed by atoms with Gasteiger partial charge in [0.05, 0.1) is 13.2 Å². The Balaban J connectivity index is 1.86. The maximum absolute atomic E-state index is 11.3. The van der Waals surface area contributed by atoms with E-state index in [-0.39, 0.29) is 17.9 Å². The summed E-state index contributed by atoms with van der Waals surface area (Å²) < 4.78 is 10.9. The molecule has 1 fully saturated rings. The highest BCUT2D eigenvalue weighted by molar-refractivity contribution is 5.76. The zero-order valence-electron chi connectivity index (χ0n) is 12.9. The van der Waals surface area contributed by atoms with Gasteiger partial charge in [0, 0.05) is 12.8 Å². The van der Waals surface area contributed by atoms with Crippen molar-refractivity contribution in [1.82, 2.24) is 0 Å². The van der Waals surface area contributed by atoms with Gasteiger partial charge in [0.1, 0.15) is 11.9 Å². The zero-order valence-corrected chi connectivity index (χ0v) is 12.9. The molecule has 1 aliphatic rings. The quantitative estimate of drug-likeness (QED) is 0.420. The first-order chi connectivity index (χ1) is 10.6. The number of rotatable bonds is 8. The van der Waals surface area contributed by atoms with E-state index in [1.54, 1.807) is 6.92 Å². The van der Waals surface area contributed by atoms with Crippen LogP contribution in [0, 0.1) is 0 Å². The van der Waals surface area contributed by atoms with Crippen molar-refractivity contribution < 1.29 is 19.1 Å². The number of cyclic esters (lactones) is 1. The molecule has 0 bridgehead atoms. The first-order valence-corrected chi connectivity index (χ1v) is 7.64. The standard InChI is InChI=1S/C18H22O4/c1-14(19)7-8-16(17-9-10-18(20)22-17)11-12-21-13-15-5-3-2-4-6-15/h2-6,11,17H,7-10,12-13H2,1H3/b16-11+. The molecule has 1 aliphatic heterocycles. The van der Waals surface area contributed by atoms with Crippen LogP contribution in [-0.4, -0.2) is 24.5 Å². The Morgan fingerprint density at radius 3 is 2.73 bits per heavy atom. The molecule has 1 unspecified atom stereocenters. The van der Waals surface area contributed by atoms with E-state index in [4.69, 9.17) is 9.47 Å². The minimum absolute atomic E-state index is 0.139. The topological polar surface area (TPSA) is 52.6 Å². The van der Waals surface area contributed by atoms with Crippen molar-refractivity contribution in [2.24, 2.45) is 0 Å². The fraction of sp³-hybridized carbons (Fsp3) is 0.444. The molecule has 1 heterocycles. The largest absolute Gasteiger partial charge is 0.458 e. The van der Waals surface area contributed by atoms with Crippen LogP contribution < -0.4 is 0 Å². The monoisotopic (exact) mass is 302 g/mol. The molecule has 22 heavy (non-hydrogen) atoms. The molecule has 0 amide bonds. The lowest BCUT2D eigenvalue weighted by atomic mass is 10.0. The van der Waals surface area contributed by atoms with Crippen LogP contribution in [0.15, 0.2) is 42.0 Å². The third-order valence-electron chi connectivity index (χ3n) is 3.64. The van der Waals surface area contributed by atoms with Gasteiger partial charge in [0.15, 0.2) is 0 Å². The number of Topliss-reactive ketones (excluding diaryl/α,β-unsaturated/α-hetero) is 1. The molecule has 2 rings (SSSR count). The SMILES string of the molecule is CC(=O)CC/C(=C\COCc1ccccc1)C1CCC(=O)O1. The molecule has 1 atom stereocenters. The average molecular weight is 302 g/mol. The normalized spacial score (nSPS) is 18.3. The minimum atomic E-state index is -0.188. The predicted octanol–water partition coefficient (Wildman–Crippen LogP) is 3.20. The van der Waals surface area contributed by atoms with Crippen molar-refractivity contribution in [3.8, 4) is 0 Å². The van der Waals surface area contributed by atoms with Crippen molar-refractivity contribution in [2.75, 3.05) is 6.61 Å². The van der Waals surface area contributed by atoms with E-state index in [1.165, 1.54) is 0 Å². The van der Waals surface area contributed by atoms with Crippen LogP contribution in [0.5, 0.6) is 0 Å². The highest BCUT2D eigenvalue weighted by Gasteiger charge is 2.26. The maximum Gasteiger partial charge on any atom is 0.306 e. The number of hydrogen-bond acceptors (Lipinski definition) is 4. The summed E-state index contributed by atoms with van der Waals surface area (Å²) in [5.74, 6) is -0.0237. The number of benzene rings is 1. The highest BCUT2D eigenvalue weighted by atomic mass is 16.5. The molecule has 0 saturated carbocycles. The van der Waals surface area contributed by atoms with E-state index >= 15 is 0 Å². The molecular weight excluding hydrogens is 280 g/mol. The molecule has 4 nitrogen and oxygen atoms in total. The summed E-state index contributed by atoms with van der Waals surface area (Å²) in [5, 5.41) is 0. The molecule has 1 saturated heterocycles. The lowest BCUT2D eigenvalue weighted by Gasteiger charge is -2.14. The van der Waals surface area contributed by atoms with Crippen LogP contribution in [0.1, 0.15) is 38.2 Å². The summed E-state index contributed by atoms with van der Waals surface area (Å²) in [7, 11) is 0. The number of hydrogen-bond donors (Lipinski definition) is 0. The molecule has 0 aliphatic carbocycles. The van der Waals surface area contributed by atoms with E-state index in [0.717, 1.165) is 11.1 Å². The fourth-order valence-corrected chi connectivity index (χ4v) is 2.42. The molecule has 4 heteroatoms. The Morgan fingerprint density at radius 2 is 2.09 bits per heavy atom. The van der Waals surface area contributed by atoms with Crippen LogP contribution in [0.25, 0.3) is 0 Å². The molecule has 0 N–H and O–H groups in total. The Labute approximate surface area is 131 Å². The Kier molecular flexibility index (Phi) is 6.34. The zero-order chi connectivity index (χ0) is 15.8. The summed E-state index contributed by atoms with van der Waals surface area (Å²) >= 11 is 0. The summed E-state index contributed by atoms with van der Waals surface area (Å²) in [5.41, 5.74) is 2.11. The van der Waals surface area contributed by atoms with Crippen molar-refractivity contribution in [3.05, 3.63) is 47.5 Å². The smallest absolute Gasteiger partial charge is 0.306 e.